The SMILES string of the molecule is COc1ccc(F)c(NC(=O)CCCCCCN)c1.Cl. The molecule has 0 aliphatic carbocycles. The van der Waals surface area contributed by atoms with Crippen molar-refractivity contribution in [2.45, 2.75) is 32.1 Å². The van der Waals surface area contributed by atoms with Crippen molar-refractivity contribution in [3.05, 3.63) is 24.0 Å². The predicted molar refractivity (Wildman–Crippen MR) is 81.0 cm³/mol. The Morgan fingerprint density at radius 1 is 1.30 bits per heavy atom. The monoisotopic (exact) mass is 304 g/mol. The molecule has 20 heavy (non-hydrogen) atoms. The van der Waals surface area contributed by atoms with E-state index in [0.717, 1.165) is 25.7 Å². The van der Waals surface area contributed by atoms with Gasteiger partial charge in [0.15, 0.2) is 0 Å². The molecule has 1 rings (SSSR count). The maximum atomic E-state index is 13.5. The summed E-state index contributed by atoms with van der Waals surface area (Å²) < 4.78 is 18.5. The highest BCUT2D eigenvalue weighted by Gasteiger charge is 2.08. The molecule has 0 bridgehead atoms. The van der Waals surface area contributed by atoms with Gasteiger partial charge >= 0.3 is 0 Å². The molecule has 0 unspecified atom stereocenters. The fourth-order valence-corrected chi connectivity index (χ4v) is 1.72. The van der Waals surface area contributed by atoms with Crippen LogP contribution in [0.3, 0.4) is 0 Å². The number of unbranched alkanes of at least 4 members (excludes halogenated alkanes) is 3. The van der Waals surface area contributed by atoms with Crippen LogP contribution in [0.4, 0.5) is 10.1 Å². The number of rotatable bonds is 8. The number of hydrogen-bond acceptors (Lipinski definition) is 3. The van der Waals surface area contributed by atoms with Gasteiger partial charge < -0.3 is 15.8 Å². The quantitative estimate of drug-likeness (QED) is 0.725. The number of hydrogen-bond donors (Lipinski definition) is 2. The molecule has 0 aromatic heterocycles. The molecule has 114 valence electrons. The van der Waals surface area contributed by atoms with E-state index in [-0.39, 0.29) is 24.0 Å². The number of carbonyl (C=O) groups is 1. The van der Waals surface area contributed by atoms with Crippen LogP contribution in [0.25, 0.3) is 0 Å². The Hall–Kier alpha value is -1.33. The lowest BCUT2D eigenvalue weighted by Crippen LogP contribution is -2.12. The van der Waals surface area contributed by atoms with Gasteiger partial charge in [-0.2, -0.15) is 0 Å². The second-order valence-corrected chi connectivity index (χ2v) is 4.35. The Morgan fingerprint density at radius 3 is 2.65 bits per heavy atom. The van der Waals surface area contributed by atoms with Crippen LogP contribution in [0.5, 0.6) is 5.75 Å². The third-order valence-corrected chi connectivity index (χ3v) is 2.81. The zero-order valence-corrected chi connectivity index (χ0v) is 12.5. The fourth-order valence-electron chi connectivity index (χ4n) is 1.72. The van der Waals surface area contributed by atoms with Gasteiger partial charge in [0, 0.05) is 12.5 Å². The molecular formula is C14H22ClFN2O2. The van der Waals surface area contributed by atoms with Crippen LogP contribution >= 0.6 is 12.4 Å². The van der Waals surface area contributed by atoms with Crippen LogP contribution in [0.15, 0.2) is 18.2 Å². The number of nitrogens with one attached hydrogen (secondary N) is 1. The first-order valence-corrected chi connectivity index (χ1v) is 6.51. The van der Waals surface area contributed by atoms with E-state index in [0.29, 0.717) is 18.7 Å². The van der Waals surface area contributed by atoms with Crippen LogP contribution in [0.2, 0.25) is 0 Å². The zero-order chi connectivity index (χ0) is 14.1. The molecule has 1 aromatic carbocycles. The van der Waals surface area contributed by atoms with Crippen molar-refractivity contribution >= 4 is 24.0 Å². The first kappa shape index (κ1) is 18.7. The van der Waals surface area contributed by atoms with Crippen LogP contribution in [-0.4, -0.2) is 19.6 Å². The third kappa shape index (κ3) is 6.73. The van der Waals surface area contributed by atoms with E-state index in [1.54, 1.807) is 0 Å². The number of carbonyl (C=O) groups excluding carboxylic acids is 1. The van der Waals surface area contributed by atoms with Crippen molar-refractivity contribution in [1.82, 2.24) is 0 Å². The summed E-state index contributed by atoms with van der Waals surface area (Å²) in [5.41, 5.74) is 5.54. The number of nitrogens with two attached hydrogens (primary N) is 1. The summed E-state index contributed by atoms with van der Waals surface area (Å²) in [7, 11) is 1.50. The Kier molecular flexibility index (Phi) is 9.76. The number of anilines is 1. The van der Waals surface area contributed by atoms with Crippen LogP contribution in [0, 0.1) is 5.82 Å². The molecule has 0 aliphatic rings. The van der Waals surface area contributed by atoms with Crippen molar-refractivity contribution in [1.29, 1.82) is 0 Å². The van der Waals surface area contributed by atoms with Crippen molar-refractivity contribution < 1.29 is 13.9 Å². The maximum Gasteiger partial charge on any atom is 0.224 e. The minimum absolute atomic E-state index is 0. The summed E-state index contributed by atoms with van der Waals surface area (Å²) >= 11 is 0. The maximum absolute atomic E-state index is 13.5. The summed E-state index contributed by atoms with van der Waals surface area (Å²) in [6, 6.07) is 4.26. The van der Waals surface area contributed by atoms with E-state index < -0.39 is 5.82 Å². The molecular weight excluding hydrogens is 283 g/mol. The lowest BCUT2D eigenvalue weighted by Gasteiger charge is -2.08. The molecule has 4 nitrogen and oxygen atoms in total. The van der Waals surface area contributed by atoms with Crippen molar-refractivity contribution in [3.63, 3.8) is 0 Å². The average molecular weight is 305 g/mol. The smallest absolute Gasteiger partial charge is 0.224 e. The van der Waals surface area contributed by atoms with E-state index in [1.165, 1.54) is 25.3 Å². The molecule has 3 N–H and O–H groups in total. The van der Waals surface area contributed by atoms with Gasteiger partial charge in [0.1, 0.15) is 11.6 Å². The van der Waals surface area contributed by atoms with Gasteiger partial charge in [-0.3, -0.25) is 4.79 Å². The second-order valence-electron chi connectivity index (χ2n) is 4.35. The van der Waals surface area contributed by atoms with Crippen LogP contribution < -0.4 is 15.8 Å². The summed E-state index contributed by atoms with van der Waals surface area (Å²) in [5, 5.41) is 2.56. The van der Waals surface area contributed by atoms with Gasteiger partial charge in [-0.25, -0.2) is 4.39 Å². The molecule has 0 aliphatic heterocycles. The molecule has 0 heterocycles. The topological polar surface area (TPSA) is 64.3 Å². The van der Waals surface area contributed by atoms with Gasteiger partial charge in [0.05, 0.1) is 12.8 Å². The van der Waals surface area contributed by atoms with Crippen LogP contribution in [-0.2, 0) is 4.79 Å². The van der Waals surface area contributed by atoms with Gasteiger partial charge in [-0.15, -0.1) is 12.4 Å². The van der Waals surface area contributed by atoms with E-state index >= 15 is 0 Å². The molecule has 6 heteroatoms. The highest BCUT2D eigenvalue weighted by atomic mass is 35.5. The summed E-state index contributed by atoms with van der Waals surface area (Å²) in [6.07, 6.45) is 4.15. The van der Waals surface area contributed by atoms with Crippen LogP contribution in [0.1, 0.15) is 32.1 Å². The van der Waals surface area contributed by atoms with Crippen molar-refractivity contribution in [2.24, 2.45) is 5.73 Å². The average Bonchev–Trinajstić information content (AvgIpc) is 2.41. The lowest BCUT2D eigenvalue weighted by atomic mass is 10.1. The van der Waals surface area contributed by atoms with Crippen molar-refractivity contribution in [3.8, 4) is 5.75 Å². The van der Waals surface area contributed by atoms with E-state index in [1.807, 2.05) is 0 Å². The molecule has 0 spiro atoms. The highest BCUT2D eigenvalue weighted by molar-refractivity contribution is 5.91. The number of methoxy groups -OCH3 is 1. The number of ether oxygens (including phenoxy) is 1. The number of benzene rings is 1. The molecule has 0 saturated carbocycles. The number of amides is 1. The van der Waals surface area contributed by atoms with Gasteiger partial charge in [0.2, 0.25) is 5.91 Å². The largest absolute Gasteiger partial charge is 0.497 e. The standard InChI is InChI=1S/C14H21FN2O2.ClH/c1-19-11-7-8-12(15)13(10-11)17-14(18)6-4-2-3-5-9-16;/h7-8,10H,2-6,9,16H2,1H3,(H,17,18);1H. The summed E-state index contributed by atoms with van der Waals surface area (Å²) in [5.74, 6) is -0.128. The second kappa shape index (κ2) is 10.5. The first-order chi connectivity index (χ1) is 9.17. The first-order valence-electron chi connectivity index (χ1n) is 6.51. The molecule has 1 amide bonds. The molecule has 0 atom stereocenters. The van der Waals surface area contributed by atoms with Gasteiger partial charge in [-0.05, 0) is 31.5 Å². The lowest BCUT2D eigenvalue weighted by molar-refractivity contribution is -0.116. The Bertz CT molecular complexity index is 416. The molecule has 0 fully saturated rings. The molecule has 0 radical (unpaired) electrons. The number of halogens is 2. The minimum Gasteiger partial charge on any atom is -0.497 e. The minimum atomic E-state index is -0.461. The van der Waals surface area contributed by atoms with E-state index in [4.69, 9.17) is 10.5 Å². The summed E-state index contributed by atoms with van der Waals surface area (Å²) in [4.78, 5) is 11.7. The molecule has 0 saturated heterocycles. The molecule has 1 aromatic rings. The van der Waals surface area contributed by atoms with Crippen molar-refractivity contribution in [2.75, 3.05) is 19.0 Å². The predicted octanol–water partition coefficient (Wildman–Crippen LogP) is 3.10. The Morgan fingerprint density at radius 2 is 2.00 bits per heavy atom. The van der Waals surface area contributed by atoms with E-state index in [9.17, 15) is 9.18 Å². The zero-order valence-electron chi connectivity index (χ0n) is 11.7. The van der Waals surface area contributed by atoms with E-state index in [2.05, 4.69) is 5.32 Å². The highest BCUT2D eigenvalue weighted by Crippen LogP contribution is 2.21. The third-order valence-electron chi connectivity index (χ3n) is 2.81. The Labute approximate surface area is 125 Å². The normalized spacial score (nSPS) is 9.75. The van der Waals surface area contributed by atoms with Gasteiger partial charge in [0.25, 0.3) is 0 Å². The fraction of sp³-hybridized carbons (Fsp3) is 0.500. The summed E-state index contributed by atoms with van der Waals surface area (Å²) in [6.45, 7) is 0.682. The Balaban J connectivity index is 0.00000361. The van der Waals surface area contributed by atoms with Gasteiger partial charge in [-0.1, -0.05) is 12.8 Å².